The highest BCUT2D eigenvalue weighted by Gasteiger charge is 2.19. The van der Waals surface area contributed by atoms with Gasteiger partial charge in [0.15, 0.2) is 16.7 Å². The Labute approximate surface area is 178 Å². The van der Waals surface area contributed by atoms with Crippen LogP contribution in [0.15, 0.2) is 70.4 Å². The molecule has 4 aromatic rings. The van der Waals surface area contributed by atoms with Crippen LogP contribution in [0.25, 0.3) is 22.7 Å². The van der Waals surface area contributed by atoms with Gasteiger partial charge in [-0.1, -0.05) is 42.1 Å². The summed E-state index contributed by atoms with van der Waals surface area (Å²) in [7, 11) is 0. The summed E-state index contributed by atoms with van der Waals surface area (Å²) in [5.41, 5.74) is 5.89. The summed E-state index contributed by atoms with van der Waals surface area (Å²) >= 11 is 1.37. The first-order valence-corrected chi connectivity index (χ1v) is 10.8. The zero-order valence-corrected chi connectivity index (χ0v) is 17.3. The van der Waals surface area contributed by atoms with Crippen LogP contribution in [0.5, 0.6) is 0 Å². The number of aromatic nitrogens is 3. The average Bonchev–Trinajstić information content (AvgIpc) is 3.49. The van der Waals surface area contributed by atoms with Gasteiger partial charge in [0.2, 0.25) is 5.91 Å². The van der Waals surface area contributed by atoms with Gasteiger partial charge in [-0.05, 0) is 59.9 Å². The first kappa shape index (κ1) is 18.7. The maximum Gasteiger partial charge on any atom is 0.234 e. The fraction of sp³-hybridized carbons (Fsp3) is 0.174. The van der Waals surface area contributed by atoms with Crippen LogP contribution in [0.2, 0.25) is 0 Å². The van der Waals surface area contributed by atoms with Crippen molar-refractivity contribution in [1.29, 1.82) is 0 Å². The Kier molecular flexibility index (Phi) is 4.88. The molecule has 7 heteroatoms. The molecule has 1 aliphatic carbocycles. The predicted octanol–water partition coefficient (Wildman–Crippen LogP) is 4.86. The van der Waals surface area contributed by atoms with Gasteiger partial charge in [0.05, 0.1) is 12.0 Å². The van der Waals surface area contributed by atoms with Crippen LogP contribution in [0, 0.1) is 0 Å². The molecule has 0 radical (unpaired) electrons. The molecule has 0 atom stereocenters. The summed E-state index contributed by atoms with van der Waals surface area (Å²) in [6.45, 7) is 2.71. The van der Waals surface area contributed by atoms with E-state index in [1.807, 2.05) is 29.7 Å². The van der Waals surface area contributed by atoms with E-state index in [0.29, 0.717) is 23.3 Å². The lowest BCUT2D eigenvalue weighted by molar-refractivity contribution is -0.113. The predicted molar refractivity (Wildman–Crippen MR) is 117 cm³/mol. The van der Waals surface area contributed by atoms with E-state index in [1.54, 1.807) is 6.26 Å². The number of hydrogen-bond acceptors (Lipinski definition) is 5. The molecule has 2 aromatic carbocycles. The summed E-state index contributed by atoms with van der Waals surface area (Å²) in [5.74, 6) is 1.52. The summed E-state index contributed by atoms with van der Waals surface area (Å²) < 4.78 is 7.38. The minimum atomic E-state index is -0.0727. The normalized spacial score (nSPS) is 11.9. The Bertz CT molecular complexity index is 1210. The minimum Gasteiger partial charge on any atom is -0.461 e. The molecule has 6 nitrogen and oxygen atoms in total. The van der Waals surface area contributed by atoms with Gasteiger partial charge in [-0.25, -0.2) is 0 Å². The summed E-state index contributed by atoms with van der Waals surface area (Å²) in [6, 6.07) is 18.2. The Balaban J connectivity index is 1.27. The number of hydrogen-bond donors (Lipinski definition) is 1. The Morgan fingerprint density at radius 1 is 1.10 bits per heavy atom. The zero-order chi connectivity index (χ0) is 20.5. The van der Waals surface area contributed by atoms with Gasteiger partial charge in [-0.15, -0.1) is 10.2 Å². The van der Waals surface area contributed by atoms with E-state index in [9.17, 15) is 4.79 Å². The lowest BCUT2D eigenvalue weighted by atomic mass is 10.1. The second-order valence-corrected chi connectivity index (χ2v) is 8.01. The average molecular weight is 417 g/mol. The number of amides is 1. The number of benzene rings is 2. The highest BCUT2D eigenvalue weighted by atomic mass is 32.2. The Morgan fingerprint density at radius 2 is 1.97 bits per heavy atom. The molecular formula is C23H20N4O2S. The molecule has 0 aliphatic heterocycles. The van der Waals surface area contributed by atoms with Gasteiger partial charge < -0.3 is 9.73 Å². The largest absolute Gasteiger partial charge is 0.461 e. The quantitative estimate of drug-likeness (QED) is 0.400. The third-order valence-corrected chi connectivity index (χ3v) is 6.16. The third-order valence-electron chi connectivity index (χ3n) is 5.19. The highest BCUT2D eigenvalue weighted by molar-refractivity contribution is 7.99. The molecular weight excluding hydrogens is 396 g/mol. The van der Waals surface area contributed by atoms with E-state index in [-0.39, 0.29) is 11.7 Å². The van der Waals surface area contributed by atoms with E-state index < -0.39 is 0 Å². The smallest absolute Gasteiger partial charge is 0.234 e. The van der Waals surface area contributed by atoms with E-state index in [4.69, 9.17) is 4.42 Å². The topological polar surface area (TPSA) is 73.0 Å². The minimum absolute atomic E-state index is 0.0727. The molecule has 0 spiro atoms. The van der Waals surface area contributed by atoms with Crippen molar-refractivity contribution in [3.05, 3.63) is 72.0 Å². The molecule has 5 rings (SSSR count). The van der Waals surface area contributed by atoms with Crippen molar-refractivity contribution in [2.75, 3.05) is 11.1 Å². The monoisotopic (exact) mass is 416 g/mol. The van der Waals surface area contributed by atoms with Crippen LogP contribution in [0.4, 0.5) is 5.69 Å². The Hall–Kier alpha value is -3.32. The molecule has 0 saturated heterocycles. The maximum atomic E-state index is 12.6. The molecule has 0 fully saturated rings. The van der Waals surface area contributed by atoms with Gasteiger partial charge in [0.25, 0.3) is 0 Å². The molecule has 0 bridgehead atoms. The summed E-state index contributed by atoms with van der Waals surface area (Å²) in [6.07, 6.45) is 2.56. The van der Waals surface area contributed by atoms with Gasteiger partial charge in [0, 0.05) is 12.2 Å². The van der Waals surface area contributed by atoms with E-state index in [1.165, 1.54) is 34.0 Å². The second kappa shape index (κ2) is 7.84. The Morgan fingerprint density at radius 3 is 2.80 bits per heavy atom. The van der Waals surface area contributed by atoms with Crippen molar-refractivity contribution in [3.8, 4) is 22.7 Å². The van der Waals surface area contributed by atoms with Crippen LogP contribution in [-0.4, -0.2) is 26.4 Å². The van der Waals surface area contributed by atoms with Gasteiger partial charge in [-0.2, -0.15) is 0 Å². The number of nitrogens with one attached hydrogen (secondary N) is 1. The van der Waals surface area contributed by atoms with Crippen LogP contribution >= 0.6 is 11.8 Å². The lowest BCUT2D eigenvalue weighted by Gasteiger charge is -2.09. The number of rotatable bonds is 6. The molecule has 0 saturated carbocycles. The highest BCUT2D eigenvalue weighted by Crippen LogP contribution is 2.37. The molecule has 0 unspecified atom stereocenters. The van der Waals surface area contributed by atoms with Crippen molar-refractivity contribution in [2.24, 2.45) is 0 Å². The van der Waals surface area contributed by atoms with Crippen LogP contribution < -0.4 is 5.32 Å². The van der Waals surface area contributed by atoms with Gasteiger partial charge >= 0.3 is 0 Å². The standard InChI is InChI=1S/C23H20N4O2S/c1-2-27-22(20-8-5-11-29-20)25-26-23(27)30-14-21(28)24-17-10-9-16-12-15-6-3-4-7-18(15)19(16)13-17/h3-11,13H,2,12,14H2,1H3,(H,24,28). The number of carbonyl (C=O) groups is 1. The number of thioether (sulfide) groups is 1. The number of furan rings is 1. The van der Waals surface area contributed by atoms with Crippen LogP contribution in [0.3, 0.4) is 0 Å². The fourth-order valence-electron chi connectivity index (χ4n) is 3.80. The SMILES string of the molecule is CCn1c(SCC(=O)Nc2ccc3c(c2)-c2ccccc2C3)nnc1-c1ccco1. The number of nitrogens with zero attached hydrogens (tertiary/aromatic N) is 3. The third kappa shape index (κ3) is 3.41. The molecule has 1 aliphatic rings. The summed E-state index contributed by atoms with van der Waals surface area (Å²) in [4.78, 5) is 12.6. The van der Waals surface area contributed by atoms with Crippen molar-refractivity contribution >= 4 is 23.4 Å². The lowest BCUT2D eigenvalue weighted by Crippen LogP contribution is -2.14. The van der Waals surface area contributed by atoms with Gasteiger partial charge in [-0.3, -0.25) is 9.36 Å². The fourth-order valence-corrected chi connectivity index (χ4v) is 4.60. The van der Waals surface area contributed by atoms with E-state index >= 15 is 0 Å². The summed E-state index contributed by atoms with van der Waals surface area (Å²) in [5, 5.41) is 12.2. The molecule has 150 valence electrons. The molecule has 1 N–H and O–H groups in total. The van der Waals surface area contributed by atoms with E-state index in [2.05, 4.69) is 51.9 Å². The van der Waals surface area contributed by atoms with E-state index in [0.717, 1.165) is 12.1 Å². The first-order chi connectivity index (χ1) is 14.7. The zero-order valence-electron chi connectivity index (χ0n) is 16.5. The maximum absolute atomic E-state index is 12.6. The number of anilines is 1. The molecule has 30 heavy (non-hydrogen) atoms. The van der Waals surface area contributed by atoms with Gasteiger partial charge in [0.1, 0.15) is 0 Å². The van der Waals surface area contributed by atoms with Crippen molar-refractivity contribution in [2.45, 2.75) is 25.0 Å². The number of fused-ring (bicyclic) bond motifs is 3. The first-order valence-electron chi connectivity index (χ1n) is 9.84. The second-order valence-electron chi connectivity index (χ2n) is 7.07. The molecule has 2 heterocycles. The van der Waals surface area contributed by atoms with Crippen molar-refractivity contribution in [1.82, 2.24) is 14.8 Å². The van der Waals surface area contributed by atoms with Crippen LogP contribution in [-0.2, 0) is 17.8 Å². The molecule has 2 aromatic heterocycles. The van der Waals surface area contributed by atoms with Crippen LogP contribution in [0.1, 0.15) is 18.1 Å². The van der Waals surface area contributed by atoms with Crippen molar-refractivity contribution < 1.29 is 9.21 Å². The number of carbonyl (C=O) groups excluding carboxylic acids is 1. The molecule has 1 amide bonds. The van der Waals surface area contributed by atoms with Crippen molar-refractivity contribution in [3.63, 3.8) is 0 Å².